The highest BCUT2D eigenvalue weighted by atomic mass is 16.5. The molecule has 1 saturated carbocycles. The van der Waals surface area contributed by atoms with E-state index in [0.717, 1.165) is 56.0 Å². The predicted molar refractivity (Wildman–Crippen MR) is 103 cm³/mol. The third-order valence-corrected chi connectivity index (χ3v) is 5.37. The molecule has 2 fully saturated rings. The summed E-state index contributed by atoms with van der Waals surface area (Å²) in [6, 6.07) is 5.85. The van der Waals surface area contributed by atoms with E-state index >= 15 is 0 Å². The maximum atomic E-state index is 12.5. The van der Waals surface area contributed by atoms with E-state index in [1.807, 2.05) is 12.1 Å². The van der Waals surface area contributed by atoms with Gasteiger partial charge in [-0.25, -0.2) is 9.97 Å². The molecule has 1 aliphatic carbocycles. The smallest absolute Gasteiger partial charge is 0.251 e. The van der Waals surface area contributed by atoms with Crippen LogP contribution < -0.4 is 10.6 Å². The molecule has 1 saturated heterocycles. The van der Waals surface area contributed by atoms with Gasteiger partial charge in [-0.05, 0) is 50.7 Å². The van der Waals surface area contributed by atoms with Gasteiger partial charge in [0.2, 0.25) is 5.95 Å². The quantitative estimate of drug-likeness (QED) is 0.764. The van der Waals surface area contributed by atoms with Gasteiger partial charge in [0.25, 0.3) is 5.91 Å². The maximum Gasteiger partial charge on any atom is 0.251 e. The number of aliphatic hydroxyl groups is 1. The van der Waals surface area contributed by atoms with E-state index in [-0.39, 0.29) is 24.1 Å². The van der Waals surface area contributed by atoms with Crippen LogP contribution in [0.4, 0.5) is 5.95 Å². The van der Waals surface area contributed by atoms with Crippen molar-refractivity contribution < 1.29 is 14.6 Å². The molecule has 1 aliphatic heterocycles. The lowest BCUT2D eigenvalue weighted by Gasteiger charge is -2.26. The highest BCUT2D eigenvalue weighted by Crippen LogP contribution is 2.22. The lowest BCUT2D eigenvalue weighted by molar-refractivity contribution is 0.0624. The Bertz CT molecular complexity index is 799. The SMILES string of the molecule is O=C(NC1CCCOC1)c1ccc2cnc(NC3CCC(O)CC3)nc2c1. The number of ether oxygens (including phenoxy) is 1. The second-order valence-corrected chi connectivity index (χ2v) is 7.50. The number of nitrogens with one attached hydrogen (secondary N) is 2. The number of fused-ring (bicyclic) bond motifs is 1. The summed E-state index contributed by atoms with van der Waals surface area (Å²) in [7, 11) is 0. The highest BCUT2D eigenvalue weighted by molar-refractivity contribution is 5.97. The number of nitrogens with zero attached hydrogens (tertiary/aromatic N) is 2. The Morgan fingerprint density at radius 1 is 1.15 bits per heavy atom. The largest absolute Gasteiger partial charge is 0.393 e. The molecule has 1 aromatic carbocycles. The minimum Gasteiger partial charge on any atom is -0.393 e. The van der Waals surface area contributed by atoms with Crippen molar-refractivity contribution in [2.24, 2.45) is 0 Å². The number of benzene rings is 1. The van der Waals surface area contributed by atoms with Gasteiger partial charge in [0.15, 0.2) is 0 Å². The van der Waals surface area contributed by atoms with Gasteiger partial charge < -0.3 is 20.5 Å². The number of amides is 1. The van der Waals surface area contributed by atoms with E-state index in [9.17, 15) is 9.90 Å². The van der Waals surface area contributed by atoms with Gasteiger partial charge >= 0.3 is 0 Å². The lowest BCUT2D eigenvalue weighted by atomic mass is 9.93. The fraction of sp³-hybridized carbons (Fsp3) is 0.550. The number of hydrogen-bond donors (Lipinski definition) is 3. The van der Waals surface area contributed by atoms with Gasteiger partial charge in [-0.15, -0.1) is 0 Å². The molecule has 7 heteroatoms. The third kappa shape index (κ3) is 4.54. The summed E-state index contributed by atoms with van der Waals surface area (Å²) < 4.78 is 5.42. The first-order valence-corrected chi connectivity index (χ1v) is 9.77. The summed E-state index contributed by atoms with van der Waals surface area (Å²) in [4.78, 5) is 21.5. The van der Waals surface area contributed by atoms with E-state index < -0.39 is 0 Å². The van der Waals surface area contributed by atoms with Crippen LogP contribution in [-0.4, -0.2) is 52.4 Å². The number of carbonyl (C=O) groups is 1. The zero-order valence-electron chi connectivity index (χ0n) is 15.4. The highest BCUT2D eigenvalue weighted by Gasteiger charge is 2.20. The van der Waals surface area contributed by atoms with Crippen molar-refractivity contribution in [3.63, 3.8) is 0 Å². The molecule has 0 spiro atoms. The molecular weight excluding hydrogens is 344 g/mol. The van der Waals surface area contributed by atoms with Crippen LogP contribution in [0.3, 0.4) is 0 Å². The number of carbonyl (C=O) groups excluding carboxylic acids is 1. The number of anilines is 1. The Balaban J connectivity index is 1.46. The summed E-state index contributed by atoms with van der Waals surface area (Å²) in [5, 5.41) is 16.9. The fourth-order valence-corrected chi connectivity index (χ4v) is 3.76. The Morgan fingerprint density at radius 2 is 2.00 bits per heavy atom. The molecule has 2 heterocycles. The van der Waals surface area contributed by atoms with E-state index in [1.54, 1.807) is 12.3 Å². The van der Waals surface area contributed by atoms with Crippen LogP contribution in [0.2, 0.25) is 0 Å². The Morgan fingerprint density at radius 3 is 2.78 bits per heavy atom. The fourth-order valence-electron chi connectivity index (χ4n) is 3.76. The molecule has 3 N–H and O–H groups in total. The molecule has 0 radical (unpaired) electrons. The monoisotopic (exact) mass is 370 g/mol. The summed E-state index contributed by atoms with van der Waals surface area (Å²) >= 11 is 0. The van der Waals surface area contributed by atoms with E-state index in [0.29, 0.717) is 18.1 Å². The predicted octanol–water partition coefficient (Wildman–Crippen LogP) is 2.25. The van der Waals surface area contributed by atoms with Crippen molar-refractivity contribution in [2.45, 2.75) is 56.7 Å². The summed E-state index contributed by atoms with van der Waals surface area (Å²) in [6.07, 6.45) is 6.95. The van der Waals surface area contributed by atoms with Crippen LogP contribution in [0, 0.1) is 0 Å². The molecule has 144 valence electrons. The first-order chi connectivity index (χ1) is 13.2. The minimum absolute atomic E-state index is 0.0752. The zero-order chi connectivity index (χ0) is 18.6. The van der Waals surface area contributed by atoms with Crippen LogP contribution >= 0.6 is 0 Å². The van der Waals surface area contributed by atoms with Crippen molar-refractivity contribution in [3.8, 4) is 0 Å². The van der Waals surface area contributed by atoms with Gasteiger partial charge in [-0.3, -0.25) is 4.79 Å². The van der Waals surface area contributed by atoms with Crippen molar-refractivity contribution in [1.82, 2.24) is 15.3 Å². The summed E-state index contributed by atoms with van der Waals surface area (Å²) in [5.74, 6) is 0.476. The summed E-state index contributed by atoms with van der Waals surface area (Å²) in [5.41, 5.74) is 1.34. The minimum atomic E-state index is -0.184. The standard InChI is InChI=1S/C20H26N4O3/c25-17-7-5-15(6-8-17)23-20-21-11-14-4-3-13(10-18(14)24-20)19(26)22-16-2-1-9-27-12-16/h3-4,10-11,15-17,25H,1-2,5-9,12H2,(H,22,26)(H,21,23,24). The van der Waals surface area contributed by atoms with E-state index in [2.05, 4.69) is 20.6 Å². The number of aromatic nitrogens is 2. The van der Waals surface area contributed by atoms with Gasteiger partial charge in [0.05, 0.1) is 24.3 Å². The van der Waals surface area contributed by atoms with Crippen LogP contribution in [0.5, 0.6) is 0 Å². The number of rotatable bonds is 4. The summed E-state index contributed by atoms with van der Waals surface area (Å²) in [6.45, 7) is 1.35. The molecular formula is C20H26N4O3. The number of hydrogen-bond acceptors (Lipinski definition) is 6. The maximum absolute atomic E-state index is 12.5. The average Bonchev–Trinajstić information content (AvgIpc) is 2.70. The molecule has 1 atom stereocenters. The normalized spacial score (nSPS) is 25.9. The topological polar surface area (TPSA) is 96.4 Å². The number of aliphatic hydroxyl groups excluding tert-OH is 1. The first kappa shape index (κ1) is 18.1. The Labute approximate surface area is 158 Å². The van der Waals surface area contributed by atoms with Crippen molar-refractivity contribution >= 4 is 22.8 Å². The lowest BCUT2D eigenvalue weighted by Crippen LogP contribution is -2.40. The van der Waals surface area contributed by atoms with Crippen molar-refractivity contribution in [2.75, 3.05) is 18.5 Å². The molecule has 4 rings (SSSR count). The van der Waals surface area contributed by atoms with Crippen molar-refractivity contribution in [1.29, 1.82) is 0 Å². The van der Waals surface area contributed by atoms with Crippen LogP contribution in [0.15, 0.2) is 24.4 Å². The Kier molecular flexibility index (Phi) is 5.50. The molecule has 1 unspecified atom stereocenters. The molecule has 1 amide bonds. The third-order valence-electron chi connectivity index (χ3n) is 5.37. The van der Waals surface area contributed by atoms with Gasteiger partial charge in [-0.2, -0.15) is 0 Å². The average molecular weight is 370 g/mol. The van der Waals surface area contributed by atoms with E-state index in [4.69, 9.17) is 4.74 Å². The molecule has 7 nitrogen and oxygen atoms in total. The second kappa shape index (κ2) is 8.19. The molecule has 2 aliphatic rings. The van der Waals surface area contributed by atoms with Gasteiger partial charge in [0.1, 0.15) is 0 Å². The van der Waals surface area contributed by atoms with E-state index in [1.165, 1.54) is 0 Å². The van der Waals surface area contributed by atoms with Gasteiger partial charge in [0, 0.05) is 29.8 Å². The molecule has 1 aromatic heterocycles. The van der Waals surface area contributed by atoms with Crippen LogP contribution in [0.1, 0.15) is 48.9 Å². The molecule has 0 bridgehead atoms. The molecule has 2 aromatic rings. The van der Waals surface area contributed by atoms with Crippen LogP contribution in [0.25, 0.3) is 10.9 Å². The zero-order valence-corrected chi connectivity index (χ0v) is 15.4. The van der Waals surface area contributed by atoms with Crippen LogP contribution in [-0.2, 0) is 4.74 Å². The van der Waals surface area contributed by atoms with Crippen molar-refractivity contribution in [3.05, 3.63) is 30.0 Å². The first-order valence-electron chi connectivity index (χ1n) is 9.77. The van der Waals surface area contributed by atoms with Gasteiger partial charge in [-0.1, -0.05) is 6.07 Å². The Hall–Kier alpha value is -2.25. The molecule has 27 heavy (non-hydrogen) atoms. The second-order valence-electron chi connectivity index (χ2n) is 7.50.